The van der Waals surface area contributed by atoms with E-state index in [2.05, 4.69) is 36.1 Å². The Kier molecular flexibility index (Phi) is 3.78. The van der Waals surface area contributed by atoms with Crippen LogP contribution in [0.3, 0.4) is 0 Å². The topological polar surface area (TPSA) is 38.7 Å². The quantitative estimate of drug-likeness (QED) is 0.790. The van der Waals surface area contributed by atoms with Crippen molar-refractivity contribution in [2.75, 3.05) is 36.6 Å². The zero-order valence-corrected chi connectivity index (χ0v) is 11.5. The molecular formula is C14H23N3O. The van der Waals surface area contributed by atoms with Gasteiger partial charge in [-0.25, -0.2) is 0 Å². The molecule has 4 heteroatoms. The lowest BCUT2D eigenvalue weighted by Crippen LogP contribution is -2.53. The van der Waals surface area contributed by atoms with E-state index in [0.29, 0.717) is 0 Å². The second-order valence-corrected chi connectivity index (χ2v) is 5.80. The van der Waals surface area contributed by atoms with Crippen LogP contribution >= 0.6 is 0 Å². The Morgan fingerprint density at radius 3 is 2.00 bits per heavy atom. The first-order valence-corrected chi connectivity index (χ1v) is 6.51. The highest BCUT2D eigenvalue weighted by Gasteiger charge is 2.25. The van der Waals surface area contributed by atoms with E-state index in [1.54, 1.807) is 0 Å². The predicted octanol–water partition coefficient (Wildman–Crippen LogP) is 2.41. The Morgan fingerprint density at radius 1 is 1.00 bits per heavy atom. The molecule has 1 fully saturated rings. The van der Waals surface area contributed by atoms with Gasteiger partial charge in [-0.3, -0.25) is 15.6 Å². The predicted molar refractivity (Wildman–Crippen MR) is 75.4 cm³/mol. The van der Waals surface area contributed by atoms with Crippen LogP contribution < -0.4 is 10.4 Å². The van der Waals surface area contributed by atoms with Gasteiger partial charge < -0.3 is 4.90 Å². The third kappa shape index (κ3) is 2.94. The molecule has 0 unspecified atom stereocenters. The standard InChI is InChI=1S/C14H23N3O/c1-14(2,3)17-10-8-16(9-11-17)13-6-4-12(15-18)5-7-13/h4-7,15,18H,8-11H2,1-3H3. The molecule has 18 heavy (non-hydrogen) atoms. The Hall–Kier alpha value is -1.26. The maximum absolute atomic E-state index is 8.79. The highest BCUT2D eigenvalue weighted by molar-refractivity contribution is 5.54. The lowest BCUT2D eigenvalue weighted by atomic mass is 10.0. The van der Waals surface area contributed by atoms with Crippen molar-refractivity contribution in [3.63, 3.8) is 0 Å². The largest absolute Gasteiger partial charge is 0.369 e. The summed E-state index contributed by atoms with van der Waals surface area (Å²) < 4.78 is 0. The fourth-order valence-electron chi connectivity index (χ4n) is 2.38. The zero-order valence-electron chi connectivity index (χ0n) is 11.5. The lowest BCUT2D eigenvalue weighted by Gasteiger charge is -2.43. The average Bonchev–Trinajstić information content (AvgIpc) is 2.38. The summed E-state index contributed by atoms with van der Waals surface area (Å²) in [6.45, 7) is 11.1. The second-order valence-electron chi connectivity index (χ2n) is 5.80. The van der Waals surface area contributed by atoms with E-state index >= 15 is 0 Å². The molecule has 0 aliphatic carbocycles. The summed E-state index contributed by atoms with van der Waals surface area (Å²) in [6, 6.07) is 7.88. The van der Waals surface area contributed by atoms with Crippen LogP contribution in [0, 0.1) is 0 Å². The zero-order chi connectivity index (χ0) is 13.2. The van der Waals surface area contributed by atoms with Crippen LogP contribution in [0.4, 0.5) is 11.4 Å². The number of hydrogen-bond donors (Lipinski definition) is 2. The van der Waals surface area contributed by atoms with Gasteiger partial charge in [0.1, 0.15) is 0 Å². The summed E-state index contributed by atoms with van der Waals surface area (Å²) in [7, 11) is 0. The number of nitrogens with one attached hydrogen (secondary N) is 1. The van der Waals surface area contributed by atoms with Crippen molar-refractivity contribution in [3.8, 4) is 0 Å². The van der Waals surface area contributed by atoms with Crippen LogP contribution in [-0.4, -0.2) is 41.8 Å². The smallest absolute Gasteiger partial charge is 0.0603 e. The molecule has 4 nitrogen and oxygen atoms in total. The Balaban J connectivity index is 1.96. The van der Waals surface area contributed by atoms with Crippen molar-refractivity contribution < 1.29 is 5.21 Å². The Labute approximate surface area is 109 Å². The van der Waals surface area contributed by atoms with Crippen molar-refractivity contribution in [3.05, 3.63) is 24.3 Å². The van der Waals surface area contributed by atoms with Crippen LogP contribution in [0.5, 0.6) is 0 Å². The molecule has 0 radical (unpaired) electrons. The first kappa shape index (κ1) is 13.2. The van der Waals surface area contributed by atoms with E-state index in [0.717, 1.165) is 31.9 Å². The fraction of sp³-hybridized carbons (Fsp3) is 0.571. The third-order valence-electron chi connectivity index (χ3n) is 3.59. The van der Waals surface area contributed by atoms with Gasteiger partial charge in [0.15, 0.2) is 0 Å². The second kappa shape index (κ2) is 5.16. The van der Waals surface area contributed by atoms with Gasteiger partial charge in [-0.15, -0.1) is 0 Å². The lowest BCUT2D eigenvalue weighted by molar-refractivity contribution is 0.128. The van der Waals surface area contributed by atoms with Crippen LogP contribution in [0.2, 0.25) is 0 Å². The first-order valence-electron chi connectivity index (χ1n) is 6.51. The van der Waals surface area contributed by atoms with Crippen LogP contribution in [0.1, 0.15) is 20.8 Å². The van der Waals surface area contributed by atoms with E-state index in [1.165, 1.54) is 5.69 Å². The van der Waals surface area contributed by atoms with E-state index in [4.69, 9.17) is 5.21 Å². The van der Waals surface area contributed by atoms with Crippen LogP contribution in [-0.2, 0) is 0 Å². The number of piperazine rings is 1. The molecule has 1 aromatic carbocycles. The SMILES string of the molecule is CC(C)(C)N1CCN(c2ccc(NO)cc2)CC1. The number of rotatable bonds is 2. The van der Waals surface area contributed by atoms with E-state index < -0.39 is 0 Å². The number of anilines is 2. The summed E-state index contributed by atoms with van der Waals surface area (Å²) in [4.78, 5) is 4.91. The summed E-state index contributed by atoms with van der Waals surface area (Å²) in [5.74, 6) is 0. The van der Waals surface area contributed by atoms with Crippen LogP contribution in [0.15, 0.2) is 24.3 Å². The van der Waals surface area contributed by atoms with Crippen LogP contribution in [0.25, 0.3) is 0 Å². The van der Waals surface area contributed by atoms with Gasteiger partial charge in [0, 0.05) is 37.4 Å². The van der Waals surface area contributed by atoms with Crippen molar-refractivity contribution in [2.45, 2.75) is 26.3 Å². The molecule has 0 saturated carbocycles. The molecule has 1 aromatic rings. The number of hydrogen-bond acceptors (Lipinski definition) is 4. The van der Waals surface area contributed by atoms with Gasteiger partial charge in [-0.2, -0.15) is 0 Å². The maximum atomic E-state index is 8.79. The van der Waals surface area contributed by atoms with E-state index in [9.17, 15) is 0 Å². The number of benzene rings is 1. The van der Waals surface area contributed by atoms with Crippen molar-refractivity contribution in [2.24, 2.45) is 0 Å². The Bertz CT molecular complexity index is 375. The molecule has 0 spiro atoms. The number of nitrogens with zero attached hydrogens (tertiary/aromatic N) is 2. The third-order valence-corrected chi connectivity index (χ3v) is 3.59. The molecule has 1 heterocycles. The van der Waals surface area contributed by atoms with Gasteiger partial charge >= 0.3 is 0 Å². The van der Waals surface area contributed by atoms with Gasteiger partial charge in [0.2, 0.25) is 0 Å². The summed E-state index contributed by atoms with van der Waals surface area (Å²) in [5, 5.41) is 8.79. The first-order chi connectivity index (χ1) is 8.50. The highest BCUT2D eigenvalue weighted by atomic mass is 16.5. The molecule has 1 aliphatic rings. The molecule has 100 valence electrons. The molecule has 1 aliphatic heterocycles. The molecular weight excluding hydrogens is 226 g/mol. The summed E-state index contributed by atoms with van der Waals surface area (Å²) >= 11 is 0. The molecule has 2 rings (SSSR count). The fourth-order valence-corrected chi connectivity index (χ4v) is 2.38. The summed E-state index contributed by atoms with van der Waals surface area (Å²) in [6.07, 6.45) is 0. The van der Waals surface area contributed by atoms with E-state index in [1.807, 2.05) is 24.3 Å². The van der Waals surface area contributed by atoms with E-state index in [-0.39, 0.29) is 5.54 Å². The molecule has 1 saturated heterocycles. The normalized spacial score (nSPS) is 17.9. The minimum atomic E-state index is 0.261. The molecule has 0 amide bonds. The highest BCUT2D eigenvalue weighted by Crippen LogP contribution is 2.22. The van der Waals surface area contributed by atoms with Crippen molar-refractivity contribution in [1.29, 1.82) is 0 Å². The van der Waals surface area contributed by atoms with Gasteiger partial charge in [-0.05, 0) is 45.0 Å². The Morgan fingerprint density at radius 2 is 1.56 bits per heavy atom. The van der Waals surface area contributed by atoms with Gasteiger partial charge in [0.05, 0.1) is 5.69 Å². The molecule has 0 atom stereocenters. The molecule has 2 N–H and O–H groups in total. The summed E-state index contributed by atoms with van der Waals surface area (Å²) in [5.41, 5.74) is 4.37. The minimum Gasteiger partial charge on any atom is -0.369 e. The van der Waals surface area contributed by atoms with Crippen molar-refractivity contribution in [1.82, 2.24) is 4.90 Å². The van der Waals surface area contributed by atoms with Gasteiger partial charge in [0.25, 0.3) is 0 Å². The molecule has 0 aromatic heterocycles. The average molecular weight is 249 g/mol. The minimum absolute atomic E-state index is 0.261. The van der Waals surface area contributed by atoms with Gasteiger partial charge in [-0.1, -0.05) is 0 Å². The van der Waals surface area contributed by atoms with Crippen molar-refractivity contribution >= 4 is 11.4 Å². The molecule has 0 bridgehead atoms. The monoisotopic (exact) mass is 249 g/mol. The maximum Gasteiger partial charge on any atom is 0.0603 e.